The molecule has 3 rings (SSSR count). The summed E-state index contributed by atoms with van der Waals surface area (Å²) in [5, 5.41) is 8.04. The summed E-state index contributed by atoms with van der Waals surface area (Å²) in [7, 11) is 0. The van der Waals surface area contributed by atoms with Crippen LogP contribution < -0.4 is 10.6 Å². The van der Waals surface area contributed by atoms with Crippen molar-refractivity contribution in [3.63, 3.8) is 0 Å². The van der Waals surface area contributed by atoms with E-state index in [-0.39, 0.29) is 17.6 Å². The largest absolute Gasteiger partial charge is 0.369 e. The summed E-state index contributed by atoms with van der Waals surface area (Å²) in [6.45, 7) is 0.756. The van der Waals surface area contributed by atoms with Crippen LogP contribution >= 0.6 is 34.9 Å². The van der Waals surface area contributed by atoms with Gasteiger partial charge in [0.2, 0.25) is 11.8 Å². The zero-order valence-electron chi connectivity index (χ0n) is 12.8. The lowest BCUT2D eigenvalue weighted by molar-refractivity contribution is -0.116. The highest BCUT2D eigenvalue weighted by Crippen LogP contribution is 2.31. The van der Waals surface area contributed by atoms with Crippen molar-refractivity contribution in [2.24, 2.45) is 5.73 Å². The molecule has 0 spiro atoms. The maximum absolute atomic E-state index is 12.6. The maximum Gasteiger partial charge on any atom is 0.237 e. The van der Waals surface area contributed by atoms with Gasteiger partial charge in [0.15, 0.2) is 8.68 Å². The third-order valence-corrected chi connectivity index (χ3v) is 6.65. The highest BCUT2D eigenvalue weighted by molar-refractivity contribution is 8.03. The molecule has 2 N–H and O–H groups in total. The van der Waals surface area contributed by atoms with E-state index in [0.29, 0.717) is 10.1 Å². The van der Waals surface area contributed by atoms with Gasteiger partial charge in [0.05, 0.1) is 11.5 Å². The van der Waals surface area contributed by atoms with Crippen molar-refractivity contribution in [3.05, 3.63) is 29.8 Å². The molecule has 1 aromatic carbocycles. The number of hydrogen-bond acceptors (Lipinski definition) is 7. The second kappa shape index (κ2) is 8.00. The van der Waals surface area contributed by atoms with Crippen LogP contribution in [0, 0.1) is 0 Å². The van der Waals surface area contributed by atoms with Gasteiger partial charge < -0.3 is 10.6 Å². The second-order valence-corrected chi connectivity index (χ2v) is 8.58. The van der Waals surface area contributed by atoms with E-state index < -0.39 is 0 Å². The Morgan fingerprint density at radius 3 is 2.62 bits per heavy atom. The van der Waals surface area contributed by atoms with Gasteiger partial charge in [0.25, 0.3) is 0 Å². The molecule has 0 fully saturated rings. The molecule has 0 saturated carbocycles. The van der Waals surface area contributed by atoms with Gasteiger partial charge in [0, 0.05) is 12.2 Å². The fraction of sp³-hybridized carbons (Fsp3) is 0.333. The van der Waals surface area contributed by atoms with E-state index in [9.17, 15) is 9.59 Å². The lowest BCUT2D eigenvalue weighted by Crippen LogP contribution is -2.36. The summed E-state index contributed by atoms with van der Waals surface area (Å²) in [5.74, 6) is 0.198. The number of carbonyl (C=O) groups excluding carboxylic acids is 2. The summed E-state index contributed by atoms with van der Waals surface area (Å²) in [4.78, 5) is 25.2. The van der Waals surface area contributed by atoms with Crippen LogP contribution in [0.15, 0.2) is 32.9 Å². The fourth-order valence-corrected chi connectivity index (χ4v) is 5.08. The standard InChI is InChI=1S/C15H16N4O2S3/c16-12(20)8-22-14-17-18-15(24-14)23-9-13(21)19-7-3-5-10-4-1-2-6-11(10)19/h1-2,4,6H,3,5,7-9H2,(H2,16,20). The third-order valence-electron chi connectivity index (χ3n) is 3.46. The molecule has 6 nitrogen and oxygen atoms in total. The average Bonchev–Trinajstić information content (AvgIpc) is 3.05. The minimum absolute atomic E-state index is 0.0775. The van der Waals surface area contributed by atoms with Crippen molar-refractivity contribution in [1.29, 1.82) is 0 Å². The Bertz CT molecular complexity index is 750. The molecule has 0 saturated heterocycles. The SMILES string of the molecule is NC(=O)CSc1nnc(SCC(=O)N2CCCc3ccccc32)s1. The minimum atomic E-state index is -0.386. The summed E-state index contributed by atoms with van der Waals surface area (Å²) in [6.07, 6.45) is 2.00. The van der Waals surface area contributed by atoms with Gasteiger partial charge in [-0.25, -0.2) is 0 Å². The molecule has 0 atom stereocenters. The molecule has 2 aromatic rings. The Morgan fingerprint density at radius 2 is 1.88 bits per heavy atom. The molecule has 0 unspecified atom stereocenters. The smallest absolute Gasteiger partial charge is 0.237 e. The first kappa shape index (κ1) is 17.2. The van der Waals surface area contributed by atoms with Crippen LogP contribution in [0.1, 0.15) is 12.0 Å². The first-order chi connectivity index (χ1) is 11.6. The Kier molecular flexibility index (Phi) is 5.75. The second-order valence-electron chi connectivity index (χ2n) is 5.16. The number of aromatic nitrogens is 2. The van der Waals surface area contributed by atoms with Crippen molar-refractivity contribution < 1.29 is 9.59 Å². The number of benzene rings is 1. The number of anilines is 1. The lowest BCUT2D eigenvalue weighted by atomic mass is 10.0. The summed E-state index contributed by atoms with van der Waals surface area (Å²) < 4.78 is 1.41. The average molecular weight is 381 g/mol. The van der Waals surface area contributed by atoms with Crippen molar-refractivity contribution in [3.8, 4) is 0 Å². The number of primary amides is 1. The molecule has 2 amide bonds. The van der Waals surface area contributed by atoms with E-state index in [1.807, 2.05) is 23.1 Å². The van der Waals surface area contributed by atoms with Crippen molar-refractivity contribution in [1.82, 2.24) is 10.2 Å². The van der Waals surface area contributed by atoms with Gasteiger partial charge in [-0.1, -0.05) is 53.1 Å². The van der Waals surface area contributed by atoms with E-state index in [1.54, 1.807) is 0 Å². The molecule has 9 heteroatoms. The number of fused-ring (bicyclic) bond motifs is 1. The number of aryl methyl sites for hydroxylation is 1. The monoisotopic (exact) mass is 380 g/mol. The third kappa shape index (κ3) is 4.28. The van der Waals surface area contributed by atoms with Crippen molar-refractivity contribution >= 4 is 52.4 Å². The zero-order chi connectivity index (χ0) is 16.9. The first-order valence-electron chi connectivity index (χ1n) is 7.39. The number of para-hydroxylation sites is 1. The zero-order valence-corrected chi connectivity index (χ0v) is 15.3. The van der Waals surface area contributed by atoms with Gasteiger partial charge in [-0.05, 0) is 24.5 Å². The molecule has 0 aliphatic carbocycles. The molecular weight excluding hydrogens is 364 g/mol. The molecule has 126 valence electrons. The van der Waals surface area contributed by atoms with Crippen LogP contribution in [0.25, 0.3) is 0 Å². The number of amides is 2. The number of thioether (sulfide) groups is 2. The van der Waals surface area contributed by atoms with Crippen molar-refractivity contribution in [2.75, 3.05) is 23.0 Å². The van der Waals surface area contributed by atoms with Crippen molar-refractivity contribution in [2.45, 2.75) is 21.5 Å². The molecule has 2 heterocycles. The first-order valence-corrected chi connectivity index (χ1v) is 10.2. The number of nitrogens with zero attached hydrogens (tertiary/aromatic N) is 3. The molecule has 0 radical (unpaired) electrons. The highest BCUT2D eigenvalue weighted by atomic mass is 32.2. The van der Waals surface area contributed by atoms with Gasteiger partial charge in [-0.15, -0.1) is 10.2 Å². The van der Waals surface area contributed by atoms with Gasteiger partial charge >= 0.3 is 0 Å². The van der Waals surface area contributed by atoms with Gasteiger partial charge in [-0.3, -0.25) is 9.59 Å². The fourth-order valence-electron chi connectivity index (χ4n) is 2.44. The summed E-state index contributed by atoms with van der Waals surface area (Å²) >= 11 is 4.01. The van der Waals surface area contributed by atoms with E-state index in [0.717, 1.165) is 29.4 Å². The van der Waals surface area contributed by atoms with Crippen LogP contribution in [0.3, 0.4) is 0 Å². The van der Waals surface area contributed by atoms with Crippen LogP contribution in [-0.2, 0) is 16.0 Å². The molecule has 1 aliphatic rings. The topological polar surface area (TPSA) is 89.2 Å². The molecular formula is C15H16N4O2S3. The number of rotatable bonds is 6. The lowest BCUT2D eigenvalue weighted by Gasteiger charge is -2.29. The van der Waals surface area contributed by atoms with Crippen LogP contribution in [0.4, 0.5) is 5.69 Å². The number of hydrogen-bond donors (Lipinski definition) is 1. The van der Waals surface area contributed by atoms with Crippen LogP contribution in [0.2, 0.25) is 0 Å². The Balaban J connectivity index is 1.57. The quantitative estimate of drug-likeness (QED) is 0.773. The van der Waals surface area contributed by atoms with E-state index >= 15 is 0 Å². The number of nitrogens with two attached hydrogens (primary N) is 1. The van der Waals surface area contributed by atoms with Crippen LogP contribution in [-0.4, -0.2) is 40.1 Å². The molecule has 1 aliphatic heterocycles. The van der Waals surface area contributed by atoms with E-state index in [1.165, 1.54) is 40.4 Å². The van der Waals surface area contributed by atoms with Gasteiger partial charge in [-0.2, -0.15) is 0 Å². The maximum atomic E-state index is 12.6. The molecule has 1 aromatic heterocycles. The minimum Gasteiger partial charge on any atom is -0.369 e. The summed E-state index contributed by atoms with van der Waals surface area (Å²) in [6, 6.07) is 8.05. The Labute approximate surface area is 152 Å². The Hall–Kier alpha value is -1.58. The van der Waals surface area contributed by atoms with E-state index in [4.69, 9.17) is 5.73 Å². The van der Waals surface area contributed by atoms with Gasteiger partial charge in [0.1, 0.15) is 0 Å². The predicted molar refractivity (Wildman–Crippen MR) is 97.7 cm³/mol. The summed E-state index contributed by atoms with van der Waals surface area (Å²) in [5.41, 5.74) is 7.35. The normalized spacial score (nSPS) is 13.6. The predicted octanol–water partition coefficient (Wildman–Crippen LogP) is 2.19. The Morgan fingerprint density at radius 1 is 1.17 bits per heavy atom. The highest BCUT2D eigenvalue weighted by Gasteiger charge is 2.22. The van der Waals surface area contributed by atoms with Crippen LogP contribution in [0.5, 0.6) is 0 Å². The molecule has 0 bridgehead atoms. The van der Waals surface area contributed by atoms with E-state index in [2.05, 4.69) is 16.3 Å². The molecule has 24 heavy (non-hydrogen) atoms. The number of carbonyl (C=O) groups is 2.